The second-order valence-corrected chi connectivity index (χ2v) is 6.70. The molecule has 9 nitrogen and oxygen atoms in total. The van der Waals surface area contributed by atoms with Crippen LogP contribution in [0.25, 0.3) is 0 Å². The number of fused-ring (bicyclic) bond motifs is 1. The monoisotopic (exact) mass is 349 g/mol. The molecule has 0 aromatic heterocycles. The molecule has 3 fully saturated rings. The van der Waals surface area contributed by atoms with E-state index in [4.69, 9.17) is 0 Å². The predicted octanol–water partition coefficient (Wildman–Crippen LogP) is -0.323. The number of imide groups is 2. The number of carboxylic acid groups (broad SMARTS) is 1. The fraction of sp³-hybridized carbons (Fsp3) is 0.562. The molecule has 2 aliphatic heterocycles. The Bertz CT molecular complexity index is 689. The molecular formula is C16H19N3O6. The van der Waals surface area contributed by atoms with Crippen molar-refractivity contribution >= 4 is 29.7 Å². The third-order valence-electron chi connectivity index (χ3n) is 5.39. The summed E-state index contributed by atoms with van der Waals surface area (Å²) in [5, 5.41) is 9.55. The van der Waals surface area contributed by atoms with Crippen LogP contribution in [0.4, 0.5) is 4.79 Å². The average molecular weight is 349 g/mol. The van der Waals surface area contributed by atoms with Gasteiger partial charge in [0.1, 0.15) is 6.54 Å². The number of hydrogen-bond donors (Lipinski definition) is 1. The van der Waals surface area contributed by atoms with Crippen LogP contribution in [0.2, 0.25) is 0 Å². The van der Waals surface area contributed by atoms with Gasteiger partial charge < -0.3 is 10.0 Å². The largest absolute Gasteiger partial charge is 0.481 e. The molecule has 0 aromatic carbocycles. The molecule has 0 aromatic rings. The second kappa shape index (κ2) is 5.98. The molecule has 0 unspecified atom stereocenters. The standard InChI is InChI=1S/C16H19N3O6/c1-2-6-18-12(21)13(22)19(15(18)25)8-11(20)17-7-10-4-3-5-16(10,9-17)14(23)24/h2,10H,1,3-9H2,(H,23,24)/t10-,16+/m0/s1. The molecule has 25 heavy (non-hydrogen) atoms. The van der Waals surface area contributed by atoms with Crippen molar-refractivity contribution in [3.8, 4) is 0 Å². The van der Waals surface area contributed by atoms with Gasteiger partial charge in [-0.05, 0) is 18.8 Å². The third-order valence-corrected chi connectivity index (χ3v) is 5.39. The molecule has 3 aliphatic rings. The fourth-order valence-electron chi connectivity index (χ4n) is 4.04. The molecular weight excluding hydrogens is 330 g/mol. The first-order valence-electron chi connectivity index (χ1n) is 8.11. The van der Waals surface area contributed by atoms with Gasteiger partial charge in [-0.1, -0.05) is 12.5 Å². The van der Waals surface area contributed by atoms with Crippen molar-refractivity contribution in [3.63, 3.8) is 0 Å². The van der Waals surface area contributed by atoms with Gasteiger partial charge in [-0.2, -0.15) is 0 Å². The number of nitrogens with zero attached hydrogens (tertiary/aromatic N) is 3. The summed E-state index contributed by atoms with van der Waals surface area (Å²) < 4.78 is 0. The van der Waals surface area contributed by atoms with Gasteiger partial charge in [0.15, 0.2) is 0 Å². The molecule has 5 amide bonds. The van der Waals surface area contributed by atoms with Crippen molar-refractivity contribution in [2.75, 3.05) is 26.2 Å². The van der Waals surface area contributed by atoms with Crippen molar-refractivity contribution in [2.45, 2.75) is 19.3 Å². The Kier molecular flexibility index (Phi) is 4.09. The van der Waals surface area contributed by atoms with E-state index < -0.39 is 41.7 Å². The Morgan fingerprint density at radius 1 is 1.24 bits per heavy atom. The van der Waals surface area contributed by atoms with Crippen LogP contribution < -0.4 is 0 Å². The highest BCUT2D eigenvalue weighted by atomic mass is 16.4. The predicted molar refractivity (Wildman–Crippen MR) is 83.0 cm³/mol. The number of amides is 5. The van der Waals surface area contributed by atoms with Crippen LogP contribution in [-0.2, 0) is 19.2 Å². The number of rotatable bonds is 5. The molecule has 1 aliphatic carbocycles. The molecule has 134 valence electrons. The summed E-state index contributed by atoms with van der Waals surface area (Å²) >= 11 is 0. The number of carbonyl (C=O) groups excluding carboxylic acids is 4. The minimum atomic E-state index is -1.05. The summed E-state index contributed by atoms with van der Waals surface area (Å²) in [7, 11) is 0. The summed E-state index contributed by atoms with van der Waals surface area (Å²) in [5.41, 5.74) is -0.931. The molecule has 2 atom stereocenters. The number of carboxylic acids is 1. The summed E-state index contributed by atoms with van der Waals surface area (Å²) in [6.45, 7) is 3.12. The van der Waals surface area contributed by atoms with E-state index in [0.29, 0.717) is 17.9 Å². The number of likely N-dealkylation sites (tertiary alicyclic amines) is 1. The Hall–Kier alpha value is -2.71. The quantitative estimate of drug-likeness (QED) is 0.413. The lowest BCUT2D eigenvalue weighted by Crippen LogP contribution is -2.44. The van der Waals surface area contributed by atoms with Crippen LogP contribution in [0.3, 0.4) is 0 Å². The minimum Gasteiger partial charge on any atom is -0.481 e. The minimum absolute atomic E-state index is 0.0758. The number of aliphatic carboxylic acids is 1. The maximum Gasteiger partial charge on any atom is 0.335 e. The maximum atomic E-state index is 12.5. The van der Waals surface area contributed by atoms with Gasteiger partial charge in [0.25, 0.3) is 0 Å². The van der Waals surface area contributed by atoms with E-state index in [1.807, 2.05) is 0 Å². The molecule has 1 saturated carbocycles. The van der Waals surface area contributed by atoms with E-state index in [2.05, 4.69) is 6.58 Å². The molecule has 3 rings (SSSR count). The second-order valence-electron chi connectivity index (χ2n) is 6.70. The Balaban J connectivity index is 1.70. The molecule has 0 spiro atoms. The smallest absolute Gasteiger partial charge is 0.335 e. The first kappa shape index (κ1) is 17.1. The molecule has 0 bridgehead atoms. The van der Waals surface area contributed by atoms with Crippen molar-refractivity contribution < 1.29 is 29.1 Å². The Morgan fingerprint density at radius 3 is 2.52 bits per heavy atom. The van der Waals surface area contributed by atoms with Crippen molar-refractivity contribution in [1.82, 2.24) is 14.7 Å². The van der Waals surface area contributed by atoms with Crippen LogP contribution in [0, 0.1) is 11.3 Å². The summed E-state index contributed by atoms with van der Waals surface area (Å²) in [4.78, 5) is 62.7. The van der Waals surface area contributed by atoms with E-state index in [9.17, 15) is 29.1 Å². The summed E-state index contributed by atoms with van der Waals surface area (Å²) in [6, 6.07) is -0.851. The average Bonchev–Trinajstić information content (AvgIpc) is 3.18. The number of hydrogen-bond acceptors (Lipinski definition) is 5. The summed E-state index contributed by atoms with van der Waals surface area (Å²) in [5.74, 6) is -3.58. The molecule has 9 heteroatoms. The maximum absolute atomic E-state index is 12.5. The lowest BCUT2D eigenvalue weighted by atomic mass is 9.81. The highest BCUT2D eigenvalue weighted by Gasteiger charge is 2.56. The van der Waals surface area contributed by atoms with Gasteiger partial charge in [0.2, 0.25) is 5.91 Å². The third kappa shape index (κ3) is 2.50. The van der Waals surface area contributed by atoms with E-state index in [1.54, 1.807) is 0 Å². The molecule has 2 saturated heterocycles. The van der Waals surface area contributed by atoms with Crippen molar-refractivity contribution in [2.24, 2.45) is 11.3 Å². The van der Waals surface area contributed by atoms with Gasteiger partial charge in [-0.3, -0.25) is 24.1 Å². The van der Waals surface area contributed by atoms with Gasteiger partial charge in [0, 0.05) is 19.6 Å². The zero-order valence-corrected chi connectivity index (χ0v) is 13.6. The Morgan fingerprint density at radius 2 is 1.92 bits per heavy atom. The van der Waals surface area contributed by atoms with Crippen molar-refractivity contribution in [1.29, 1.82) is 0 Å². The van der Waals surface area contributed by atoms with Crippen LogP contribution in [-0.4, -0.2) is 75.7 Å². The van der Waals surface area contributed by atoms with E-state index >= 15 is 0 Å². The van der Waals surface area contributed by atoms with Crippen LogP contribution in [0.5, 0.6) is 0 Å². The van der Waals surface area contributed by atoms with E-state index in [0.717, 1.165) is 17.7 Å². The molecule has 1 N–H and O–H groups in total. The Labute approximate surface area is 143 Å². The van der Waals surface area contributed by atoms with E-state index in [1.165, 1.54) is 11.0 Å². The van der Waals surface area contributed by atoms with Gasteiger partial charge in [-0.25, -0.2) is 9.69 Å². The van der Waals surface area contributed by atoms with Gasteiger partial charge in [-0.15, -0.1) is 6.58 Å². The van der Waals surface area contributed by atoms with Crippen LogP contribution in [0.1, 0.15) is 19.3 Å². The number of carbonyl (C=O) groups is 5. The first-order chi connectivity index (χ1) is 11.8. The van der Waals surface area contributed by atoms with Crippen molar-refractivity contribution in [3.05, 3.63) is 12.7 Å². The fourth-order valence-corrected chi connectivity index (χ4v) is 4.04. The SMILES string of the molecule is C=CCN1C(=O)C(=O)N(CC(=O)N2C[C@@H]3CCC[C@@]3(C(=O)O)C2)C1=O. The summed E-state index contributed by atoms with van der Waals surface area (Å²) in [6.07, 6.45) is 3.38. The zero-order valence-electron chi connectivity index (χ0n) is 13.6. The van der Waals surface area contributed by atoms with Gasteiger partial charge >= 0.3 is 23.8 Å². The van der Waals surface area contributed by atoms with Gasteiger partial charge in [0.05, 0.1) is 5.41 Å². The lowest BCUT2D eigenvalue weighted by Gasteiger charge is -2.24. The lowest BCUT2D eigenvalue weighted by molar-refractivity contribution is -0.149. The zero-order chi connectivity index (χ0) is 18.4. The topological polar surface area (TPSA) is 115 Å². The number of urea groups is 1. The first-order valence-corrected chi connectivity index (χ1v) is 8.11. The van der Waals surface area contributed by atoms with E-state index in [-0.39, 0.29) is 19.0 Å². The highest BCUT2D eigenvalue weighted by Crippen LogP contribution is 2.48. The normalized spacial score (nSPS) is 28.7. The highest BCUT2D eigenvalue weighted by molar-refractivity contribution is 6.45. The molecule has 2 heterocycles. The molecule has 0 radical (unpaired) electrons. The van der Waals surface area contributed by atoms with Crippen LogP contribution >= 0.6 is 0 Å². The van der Waals surface area contributed by atoms with Crippen LogP contribution in [0.15, 0.2) is 12.7 Å².